The van der Waals surface area contributed by atoms with Crippen LogP contribution in [0.2, 0.25) is 0 Å². The number of benzene rings is 2. The van der Waals surface area contributed by atoms with E-state index in [0.717, 1.165) is 35.1 Å². The van der Waals surface area contributed by atoms with E-state index in [1.807, 2.05) is 43.3 Å². The highest BCUT2D eigenvalue weighted by atomic mass is 16.5. The standard InChI is InChI=1S/C22H19N3O2/c1-2-3-4-21(26)27-22-24-14-20(15-25-22)19-11-9-18(10-12-19)17-7-5-16(13-23)6-8-17/h5-12,14-15H,2-4H2,1H3. The molecule has 0 aliphatic rings. The average Bonchev–Trinajstić information content (AvgIpc) is 2.73. The van der Waals surface area contributed by atoms with Crippen molar-refractivity contribution >= 4 is 5.97 Å². The smallest absolute Gasteiger partial charge is 0.324 e. The Balaban J connectivity index is 1.69. The fraction of sp³-hybridized carbons (Fsp3) is 0.182. The van der Waals surface area contributed by atoms with Crippen molar-refractivity contribution in [2.45, 2.75) is 26.2 Å². The maximum absolute atomic E-state index is 11.6. The average molecular weight is 357 g/mol. The number of esters is 1. The maximum atomic E-state index is 11.6. The van der Waals surface area contributed by atoms with Crippen LogP contribution in [0, 0.1) is 11.3 Å². The van der Waals surface area contributed by atoms with Crippen LogP contribution in [-0.4, -0.2) is 15.9 Å². The fourth-order valence-corrected chi connectivity index (χ4v) is 2.58. The number of carbonyl (C=O) groups is 1. The van der Waals surface area contributed by atoms with Crippen molar-refractivity contribution < 1.29 is 9.53 Å². The zero-order valence-corrected chi connectivity index (χ0v) is 15.1. The van der Waals surface area contributed by atoms with Crippen molar-refractivity contribution in [1.82, 2.24) is 9.97 Å². The number of rotatable bonds is 6. The molecule has 0 atom stereocenters. The van der Waals surface area contributed by atoms with E-state index in [0.29, 0.717) is 12.0 Å². The van der Waals surface area contributed by atoms with Gasteiger partial charge in [0, 0.05) is 24.4 Å². The van der Waals surface area contributed by atoms with Gasteiger partial charge in [0.15, 0.2) is 0 Å². The molecule has 0 radical (unpaired) electrons. The first-order valence-corrected chi connectivity index (χ1v) is 8.83. The van der Waals surface area contributed by atoms with Crippen molar-refractivity contribution in [3.8, 4) is 34.3 Å². The fourth-order valence-electron chi connectivity index (χ4n) is 2.58. The summed E-state index contributed by atoms with van der Waals surface area (Å²) in [5.74, 6) is -0.309. The minimum Gasteiger partial charge on any atom is -0.391 e. The highest BCUT2D eigenvalue weighted by Gasteiger charge is 2.07. The normalized spacial score (nSPS) is 10.2. The molecule has 0 spiro atoms. The Bertz CT molecular complexity index is 941. The number of nitrogens with zero attached hydrogens (tertiary/aromatic N) is 3. The van der Waals surface area contributed by atoms with Crippen molar-refractivity contribution in [3.63, 3.8) is 0 Å². The van der Waals surface area contributed by atoms with Gasteiger partial charge < -0.3 is 4.74 Å². The second-order valence-electron chi connectivity index (χ2n) is 6.10. The summed E-state index contributed by atoms with van der Waals surface area (Å²) in [6, 6.07) is 17.6. The molecule has 27 heavy (non-hydrogen) atoms. The molecule has 1 heterocycles. The van der Waals surface area contributed by atoms with E-state index in [1.165, 1.54) is 0 Å². The van der Waals surface area contributed by atoms with Crippen molar-refractivity contribution in [2.75, 3.05) is 0 Å². The number of hydrogen-bond donors (Lipinski definition) is 0. The van der Waals surface area contributed by atoms with Gasteiger partial charge in [-0.15, -0.1) is 0 Å². The molecule has 0 amide bonds. The van der Waals surface area contributed by atoms with Crippen LogP contribution < -0.4 is 4.74 Å². The number of carbonyl (C=O) groups excluding carboxylic acids is 1. The molecule has 0 fully saturated rings. The Labute approximate surface area is 158 Å². The summed E-state index contributed by atoms with van der Waals surface area (Å²) in [5.41, 5.74) is 4.56. The van der Waals surface area contributed by atoms with Crippen LogP contribution in [0.3, 0.4) is 0 Å². The molecule has 5 heteroatoms. The summed E-state index contributed by atoms with van der Waals surface area (Å²) in [4.78, 5) is 19.9. The second kappa shape index (κ2) is 8.72. The van der Waals surface area contributed by atoms with Crippen LogP contribution in [0.1, 0.15) is 31.7 Å². The van der Waals surface area contributed by atoms with E-state index < -0.39 is 0 Å². The first-order chi connectivity index (χ1) is 13.2. The summed E-state index contributed by atoms with van der Waals surface area (Å²) >= 11 is 0. The quantitative estimate of drug-likeness (QED) is 0.594. The third kappa shape index (κ3) is 4.77. The van der Waals surface area contributed by atoms with Gasteiger partial charge in [-0.1, -0.05) is 49.7 Å². The number of nitriles is 1. The Morgan fingerprint density at radius 1 is 0.926 bits per heavy atom. The maximum Gasteiger partial charge on any atom is 0.324 e. The summed E-state index contributed by atoms with van der Waals surface area (Å²) in [5, 5.41) is 8.88. The van der Waals surface area contributed by atoms with Crippen LogP contribution in [0.5, 0.6) is 6.01 Å². The van der Waals surface area contributed by atoms with E-state index in [4.69, 9.17) is 10.00 Å². The van der Waals surface area contributed by atoms with Gasteiger partial charge in [0.2, 0.25) is 0 Å². The molecular weight excluding hydrogens is 338 g/mol. The van der Waals surface area contributed by atoms with E-state index in [2.05, 4.69) is 16.0 Å². The minimum atomic E-state index is -0.309. The molecule has 0 saturated heterocycles. The highest BCUT2D eigenvalue weighted by molar-refractivity contribution is 5.72. The Morgan fingerprint density at radius 3 is 1.96 bits per heavy atom. The van der Waals surface area contributed by atoms with Gasteiger partial charge in [-0.05, 0) is 35.2 Å². The molecule has 1 aromatic heterocycles. The van der Waals surface area contributed by atoms with Gasteiger partial charge in [-0.3, -0.25) is 4.79 Å². The van der Waals surface area contributed by atoms with Crippen LogP contribution >= 0.6 is 0 Å². The monoisotopic (exact) mass is 357 g/mol. The molecule has 0 unspecified atom stereocenters. The zero-order valence-electron chi connectivity index (χ0n) is 15.1. The van der Waals surface area contributed by atoms with Gasteiger partial charge in [0.1, 0.15) is 0 Å². The predicted molar refractivity (Wildman–Crippen MR) is 103 cm³/mol. The van der Waals surface area contributed by atoms with Crippen molar-refractivity contribution in [2.24, 2.45) is 0 Å². The van der Waals surface area contributed by atoms with E-state index in [-0.39, 0.29) is 12.0 Å². The molecule has 0 saturated carbocycles. The third-order valence-electron chi connectivity index (χ3n) is 4.13. The van der Waals surface area contributed by atoms with E-state index >= 15 is 0 Å². The molecule has 0 bridgehead atoms. The molecular formula is C22H19N3O2. The molecule has 2 aromatic carbocycles. The molecule has 0 aliphatic heterocycles. The largest absolute Gasteiger partial charge is 0.391 e. The van der Waals surface area contributed by atoms with Crippen LogP contribution in [0.25, 0.3) is 22.3 Å². The van der Waals surface area contributed by atoms with Gasteiger partial charge in [0.05, 0.1) is 11.6 Å². The lowest BCUT2D eigenvalue weighted by molar-refractivity contribution is -0.135. The summed E-state index contributed by atoms with van der Waals surface area (Å²) < 4.78 is 5.12. The molecule has 5 nitrogen and oxygen atoms in total. The van der Waals surface area contributed by atoms with Gasteiger partial charge in [0.25, 0.3) is 0 Å². The molecule has 0 aliphatic carbocycles. The number of hydrogen-bond acceptors (Lipinski definition) is 5. The van der Waals surface area contributed by atoms with Gasteiger partial charge >= 0.3 is 12.0 Å². The first kappa shape index (κ1) is 18.3. The Hall–Kier alpha value is -3.52. The van der Waals surface area contributed by atoms with Crippen LogP contribution in [0.15, 0.2) is 60.9 Å². The Morgan fingerprint density at radius 2 is 1.44 bits per heavy atom. The zero-order chi connectivity index (χ0) is 19.1. The lowest BCUT2D eigenvalue weighted by Crippen LogP contribution is -2.09. The summed E-state index contributed by atoms with van der Waals surface area (Å²) in [7, 11) is 0. The lowest BCUT2D eigenvalue weighted by Gasteiger charge is -2.06. The molecule has 3 rings (SSSR count). The molecule has 134 valence electrons. The van der Waals surface area contributed by atoms with Crippen molar-refractivity contribution in [1.29, 1.82) is 5.26 Å². The van der Waals surface area contributed by atoms with Crippen molar-refractivity contribution in [3.05, 3.63) is 66.5 Å². The number of ether oxygens (including phenoxy) is 1. The molecule has 3 aromatic rings. The Kier molecular flexibility index (Phi) is 5.91. The first-order valence-electron chi connectivity index (χ1n) is 8.83. The predicted octanol–water partition coefficient (Wildman–Crippen LogP) is 4.78. The summed E-state index contributed by atoms with van der Waals surface area (Å²) in [6.45, 7) is 2.02. The lowest BCUT2D eigenvalue weighted by atomic mass is 10.0. The van der Waals surface area contributed by atoms with Crippen LogP contribution in [-0.2, 0) is 4.79 Å². The number of aromatic nitrogens is 2. The van der Waals surface area contributed by atoms with Crippen LogP contribution in [0.4, 0.5) is 0 Å². The van der Waals surface area contributed by atoms with E-state index in [9.17, 15) is 4.79 Å². The van der Waals surface area contributed by atoms with Gasteiger partial charge in [-0.2, -0.15) is 5.26 Å². The number of unbranched alkanes of at least 4 members (excludes halogenated alkanes) is 1. The minimum absolute atomic E-state index is 0.0778. The highest BCUT2D eigenvalue weighted by Crippen LogP contribution is 2.25. The topological polar surface area (TPSA) is 75.9 Å². The second-order valence-corrected chi connectivity index (χ2v) is 6.10. The van der Waals surface area contributed by atoms with E-state index in [1.54, 1.807) is 24.5 Å². The van der Waals surface area contributed by atoms with Gasteiger partial charge in [-0.25, -0.2) is 9.97 Å². The third-order valence-corrected chi connectivity index (χ3v) is 4.13. The summed E-state index contributed by atoms with van der Waals surface area (Å²) in [6.07, 6.45) is 5.40. The SMILES string of the molecule is CCCCC(=O)Oc1ncc(-c2ccc(-c3ccc(C#N)cc3)cc2)cn1. The molecule has 0 N–H and O–H groups in total.